The largest absolute Gasteiger partial charge is 0.494 e. The monoisotopic (exact) mass is 310 g/mol. The van der Waals surface area contributed by atoms with E-state index in [2.05, 4.69) is 22.6 Å². The molecule has 1 aromatic rings. The molecule has 0 fully saturated rings. The molecule has 0 aliphatic rings. The average Bonchev–Trinajstić information content (AvgIpc) is 2.04. The van der Waals surface area contributed by atoms with Crippen LogP contribution in [0.2, 0.25) is 5.02 Å². The third-order valence-electron chi connectivity index (χ3n) is 1.63. The highest BCUT2D eigenvalue weighted by Gasteiger charge is 2.13. The van der Waals surface area contributed by atoms with E-state index < -0.39 is 0 Å². The van der Waals surface area contributed by atoms with Crippen molar-refractivity contribution in [1.82, 2.24) is 0 Å². The predicted octanol–water partition coefficient (Wildman–Crippen LogP) is 3.16. The van der Waals surface area contributed by atoms with Crippen LogP contribution in [0.1, 0.15) is 17.3 Å². The third-order valence-corrected chi connectivity index (χ3v) is 2.86. The lowest BCUT2D eigenvalue weighted by Gasteiger charge is -2.08. The molecular formula is C9H8ClIO2. The highest BCUT2D eigenvalue weighted by atomic mass is 127. The quantitative estimate of drug-likeness (QED) is 0.619. The topological polar surface area (TPSA) is 26.3 Å². The average molecular weight is 311 g/mol. The van der Waals surface area contributed by atoms with E-state index >= 15 is 0 Å². The van der Waals surface area contributed by atoms with Crippen LogP contribution in [-0.2, 0) is 0 Å². The van der Waals surface area contributed by atoms with Crippen LogP contribution in [0.15, 0.2) is 12.1 Å². The zero-order valence-corrected chi connectivity index (χ0v) is 10.1. The van der Waals surface area contributed by atoms with E-state index in [1.807, 2.05) is 6.07 Å². The molecule has 0 unspecified atom stereocenters. The van der Waals surface area contributed by atoms with Crippen molar-refractivity contribution in [2.75, 3.05) is 7.11 Å². The second-order valence-corrected chi connectivity index (χ2v) is 4.04. The molecule has 0 heterocycles. The van der Waals surface area contributed by atoms with Gasteiger partial charge in [0.2, 0.25) is 0 Å². The highest BCUT2D eigenvalue weighted by molar-refractivity contribution is 14.1. The number of ketones is 1. The zero-order valence-electron chi connectivity index (χ0n) is 7.23. The summed E-state index contributed by atoms with van der Waals surface area (Å²) in [6.07, 6.45) is 0. The lowest BCUT2D eigenvalue weighted by molar-refractivity contribution is 0.101. The number of carbonyl (C=O) groups excluding carboxylic acids is 1. The van der Waals surface area contributed by atoms with Crippen LogP contribution in [0.3, 0.4) is 0 Å². The molecule has 13 heavy (non-hydrogen) atoms. The Morgan fingerprint density at radius 3 is 2.62 bits per heavy atom. The van der Waals surface area contributed by atoms with Crippen LogP contribution in [0.5, 0.6) is 5.75 Å². The van der Waals surface area contributed by atoms with Gasteiger partial charge >= 0.3 is 0 Å². The van der Waals surface area contributed by atoms with Crippen LogP contribution >= 0.6 is 34.2 Å². The summed E-state index contributed by atoms with van der Waals surface area (Å²) in [6.45, 7) is 1.48. The molecule has 4 heteroatoms. The Kier molecular flexibility index (Phi) is 3.55. The number of hydrogen-bond donors (Lipinski definition) is 0. The summed E-state index contributed by atoms with van der Waals surface area (Å²) in [4.78, 5) is 11.1. The lowest BCUT2D eigenvalue weighted by Crippen LogP contribution is -1.97. The smallest absolute Gasteiger partial charge is 0.161 e. The maximum Gasteiger partial charge on any atom is 0.161 e. The van der Waals surface area contributed by atoms with Gasteiger partial charge in [0.15, 0.2) is 11.5 Å². The van der Waals surface area contributed by atoms with E-state index in [1.54, 1.807) is 6.07 Å². The van der Waals surface area contributed by atoms with Crippen molar-refractivity contribution >= 4 is 40.0 Å². The van der Waals surface area contributed by atoms with Gasteiger partial charge in [-0.1, -0.05) is 11.6 Å². The van der Waals surface area contributed by atoms with Gasteiger partial charge in [-0.05, 0) is 41.6 Å². The van der Waals surface area contributed by atoms with Gasteiger partial charge in [-0.3, -0.25) is 4.79 Å². The number of ether oxygens (including phenoxy) is 1. The maximum atomic E-state index is 11.1. The molecule has 0 saturated carbocycles. The summed E-state index contributed by atoms with van der Waals surface area (Å²) in [7, 11) is 1.54. The molecule has 0 atom stereocenters. The Morgan fingerprint density at radius 1 is 1.54 bits per heavy atom. The van der Waals surface area contributed by atoms with Crippen LogP contribution < -0.4 is 4.74 Å². The van der Waals surface area contributed by atoms with Crippen molar-refractivity contribution in [3.05, 3.63) is 26.3 Å². The number of rotatable bonds is 2. The molecule has 0 amide bonds. The first kappa shape index (κ1) is 10.8. The van der Waals surface area contributed by atoms with Gasteiger partial charge in [-0.2, -0.15) is 0 Å². The SMILES string of the molecule is COc1c(I)ccc(C(C)=O)c1Cl. The van der Waals surface area contributed by atoms with Crippen LogP contribution in [0.4, 0.5) is 0 Å². The van der Waals surface area contributed by atoms with Gasteiger partial charge in [0, 0.05) is 5.56 Å². The number of methoxy groups -OCH3 is 1. The Hall–Kier alpha value is -0.290. The summed E-state index contributed by atoms with van der Waals surface area (Å²) in [6, 6.07) is 3.51. The minimum atomic E-state index is -0.0558. The zero-order chi connectivity index (χ0) is 10.0. The maximum absolute atomic E-state index is 11.1. The Labute approximate surface area is 95.4 Å². The number of halogens is 2. The van der Waals surface area contributed by atoms with E-state index in [0.717, 1.165) is 3.57 Å². The fraction of sp³-hybridized carbons (Fsp3) is 0.222. The second kappa shape index (κ2) is 4.28. The second-order valence-electron chi connectivity index (χ2n) is 2.50. The molecule has 0 aliphatic heterocycles. The summed E-state index contributed by atoms with van der Waals surface area (Å²) >= 11 is 8.06. The standard InChI is InChI=1S/C9H8ClIO2/c1-5(12)6-3-4-7(11)9(13-2)8(6)10/h3-4H,1-2H3. The van der Waals surface area contributed by atoms with E-state index in [-0.39, 0.29) is 5.78 Å². The van der Waals surface area contributed by atoms with Crippen molar-refractivity contribution < 1.29 is 9.53 Å². The van der Waals surface area contributed by atoms with Crippen molar-refractivity contribution in [3.8, 4) is 5.75 Å². The molecule has 1 rings (SSSR count). The van der Waals surface area contributed by atoms with E-state index in [4.69, 9.17) is 16.3 Å². The van der Waals surface area contributed by atoms with E-state index in [1.165, 1.54) is 14.0 Å². The molecule has 0 N–H and O–H groups in total. The first-order valence-electron chi connectivity index (χ1n) is 3.61. The molecule has 0 bridgehead atoms. The van der Waals surface area contributed by atoms with Crippen molar-refractivity contribution in [2.45, 2.75) is 6.92 Å². The van der Waals surface area contributed by atoms with Crippen molar-refractivity contribution in [3.63, 3.8) is 0 Å². The number of carbonyl (C=O) groups is 1. The third kappa shape index (κ3) is 2.14. The fourth-order valence-electron chi connectivity index (χ4n) is 0.992. The molecule has 0 aliphatic carbocycles. The van der Waals surface area contributed by atoms with Crippen LogP contribution in [0.25, 0.3) is 0 Å². The van der Waals surface area contributed by atoms with Gasteiger partial charge in [0.1, 0.15) is 0 Å². The lowest BCUT2D eigenvalue weighted by atomic mass is 10.1. The summed E-state index contributed by atoms with van der Waals surface area (Å²) < 4.78 is 5.97. The van der Waals surface area contributed by atoms with Crippen molar-refractivity contribution in [2.24, 2.45) is 0 Å². The summed E-state index contributed by atoms with van der Waals surface area (Å²) in [5, 5.41) is 0.391. The first-order valence-corrected chi connectivity index (χ1v) is 5.06. The van der Waals surface area contributed by atoms with Crippen molar-refractivity contribution in [1.29, 1.82) is 0 Å². The fourth-order valence-corrected chi connectivity index (χ4v) is 2.20. The minimum Gasteiger partial charge on any atom is -0.494 e. The molecule has 0 spiro atoms. The van der Waals surface area contributed by atoms with E-state index in [0.29, 0.717) is 16.3 Å². The molecule has 2 nitrogen and oxygen atoms in total. The number of Topliss-reactive ketones (excluding diaryl/α,β-unsaturated/α-hetero) is 1. The number of benzene rings is 1. The molecule has 0 saturated heterocycles. The predicted molar refractivity (Wildman–Crippen MR) is 60.7 cm³/mol. The molecule has 0 aromatic heterocycles. The normalized spacial score (nSPS) is 9.85. The Morgan fingerprint density at radius 2 is 2.15 bits per heavy atom. The van der Waals surface area contributed by atoms with Gasteiger partial charge in [0.05, 0.1) is 15.7 Å². The van der Waals surface area contributed by atoms with Gasteiger partial charge in [-0.15, -0.1) is 0 Å². The molecular weight excluding hydrogens is 302 g/mol. The van der Waals surface area contributed by atoms with Crippen LogP contribution in [0, 0.1) is 3.57 Å². The van der Waals surface area contributed by atoms with Gasteiger partial charge in [-0.25, -0.2) is 0 Å². The minimum absolute atomic E-state index is 0.0558. The summed E-state index contributed by atoms with van der Waals surface area (Å²) in [5.74, 6) is 0.509. The van der Waals surface area contributed by atoms with Gasteiger partial charge < -0.3 is 4.74 Å². The number of hydrogen-bond acceptors (Lipinski definition) is 2. The Bertz CT molecular complexity index is 350. The Balaban J connectivity index is 3.35. The molecule has 70 valence electrons. The van der Waals surface area contributed by atoms with E-state index in [9.17, 15) is 4.79 Å². The van der Waals surface area contributed by atoms with Gasteiger partial charge in [0.25, 0.3) is 0 Å². The molecule has 1 aromatic carbocycles. The first-order chi connectivity index (χ1) is 6.07. The highest BCUT2D eigenvalue weighted by Crippen LogP contribution is 2.32. The van der Waals surface area contributed by atoms with Crippen LogP contribution in [-0.4, -0.2) is 12.9 Å². The summed E-state index contributed by atoms with van der Waals surface area (Å²) in [5.41, 5.74) is 0.499. The molecule has 0 radical (unpaired) electrons.